The first-order chi connectivity index (χ1) is 20.0. The van der Waals surface area contributed by atoms with Gasteiger partial charge >= 0.3 is 6.18 Å². The summed E-state index contributed by atoms with van der Waals surface area (Å²) in [7, 11) is 0. The van der Waals surface area contributed by atoms with Crippen molar-refractivity contribution in [2.24, 2.45) is 17.1 Å². The molecule has 3 N–H and O–H groups in total. The number of halogens is 3. The monoisotopic (exact) mass is 593 g/mol. The lowest BCUT2D eigenvalue weighted by molar-refractivity contribution is -0.209. The van der Waals surface area contributed by atoms with E-state index in [4.69, 9.17) is 5.73 Å². The highest BCUT2D eigenvalue weighted by molar-refractivity contribution is 7.18. The fourth-order valence-electron chi connectivity index (χ4n) is 7.71. The second-order valence-corrected chi connectivity index (χ2v) is 13.9. The molecule has 0 spiro atoms. The number of alkyl halides is 3. The van der Waals surface area contributed by atoms with Crippen molar-refractivity contribution in [3.8, 4) is 6.07 Å². The molecule has 1 aromatic carbocycles. The van der Waals surface area contributed by atoms with Gasteiger partial charge in [0.05, 0.1) is 11.8 Å². The van der Waals surface area contributed by atoms with E-state index in [1.165, 1.54) is 17.5 Å². The van der Waals surface area contributed by atoms with Crippen molar-refractivity contribution in [3.05, 3.63) is 52.3 Å². The van der Waals surface area contributed by atoms with Gasteiger partial charge in [-0.15, -0.1) is 11.3 Å². The van der Waals surface area contributed by atoms with Crippen LogP contribution in [0.4, 0.5) is 19.0 Å². The van der Waals surface area contributed by atoms with Crippen LogP contribution in [0.25, 0.3) is 21.1 Å². The van der Waals surface area contributed by atoms with E-state index in [9.17, 15) is 18.4 Å². The molecule has 4 aliphatic rings. The number of likely N-dealkylation sites (tertiary alicyclic amines) is 1. The number of anilines is 1. The molecular formula is C31H34F3N7S. The number of nitriles is 1. The van der Waals surface area contributed by atoms with E-state index < -0.39 is 12.6 Å². The van der Waals surface area contributed by atoms with E-state index in [0.717, 1.165) is 79.8 Å². The van der Waals surface area contributed by atoms with Gasteiger partial charge in [0.15, 0.2) is 0 Å². The molecule has 1 aliphatic heterocycles. The maximum atomic E-state index is 12.9. The third kappa shape index (κ3) is 4.55. The first-order valence-electron chi connectivity index (χ1n) is 14.6. The van der Waals surface area contributed by atoms with Gasteiger partial charge in [-0.1, -0.05) is 13.0 Å². The van der Waals surface area contributed by atoms with E-state index in [-0.39, 0.29) is 21.9 Å². The fourth-order valence-corrected chi connectivity index (χ4v) is 8.74. The average molecular weight is 594 g/mol. The second-order valence-electron chi connectivity index (χ2n) is 12.8. The van der Waals surface area contributed by atoms with E-state index >= 15 is 0 Å². The van der Waals surface area contributed by atoms with E-state index in [1.807, 2.05) is 6.07 Å². The maximum Gasteiger partial charge on any atom is 0.393 e. The number of nitrogens with two attached hydrogens (primary N) is 1. The Kier molecular flexibility index (Phi) is 6.35. The van der Waals surface area contributed by atoms with Crippen LogP contribution in [0.2, 0.25) is 0 Å². The minimum absolute atomic E-state index is 0.00685. The summed E-state index contributed by atoms with van der Waals surface area (Å²) in [6.07, 6.45) is 0.122. The Morgan fingerprint density at radius 3 is 2.60 bits per heavy atom. The number of thiophene rings is 1. The smallest absolute Gasteiger partial charge is 0.367 e. The van der Waals surface area contributed by atoms with Crippen LogP contribution in [0.1, 0.15) is 54.3 Å². The minimum Gasteiger partial charge on any atom is -0.367 e. The molecule has 0 unspecified atom stereocenters. The van der Waals surface area contributed by atoms with Gasteiger partial charge in [-0.3, -0.25) is 4.90 Å². The summed E-state index contributed by atoms with van der Waals surface area (Å²) in [4.78, 5) is 11.8. The molecule has 1 atom stereocenters. The van der Waals surface area contributed by atoms with Crippen molar-refractivity contribution < 1.29 is 13.2 Å². The molecule has 42 heavy (non-hydrogen) atoms. The lowest BCUT2D eigenvalue weighted by atomic mass is 9.33. The molecule has 4 fully saturated rings. The van der Waals surface area contributed by atoms with E-state index in [0.29, 0.717) is 22.0 Å². The molecule has 0 amide bonds. The van der Waals surface area contributed by atoms with Gasteiger partial charge < -0.3 is 15.6 Å². The molecule has 8 rings (SSSR count). The summed E-state index contributed by atoms with van der Waals surface area (Å²) in [5.41, 5.74) is 11.0. The summed E-state index contributed by atoms with van der Waals surface area (Å²) in [5, 5.41) is 15.2. The van der Waals surface area contributed by atoms with Gasteiger partial charge in [0.25, 0.3) is 0 Å². The normalized spacial score (nSPS) is 26.3. The number of hydrogen-bond acceptors (Lipinski definition) is 7. The maximum absolute atomic E-state index is 12.9. The molecule has 3 saturated carbocycles. The van der Waals surface area contributed by atoms with Crippen LogP contribution < -0.4 is 11.1 Å². The Bertz CT molecular complexity index is 1720. The van der Waals surface area contributed by atoms with Crippen molar-refractivity contribution in [3.63, 3.8) is 0 Å². The summed E-state index contributed by atoms with van der Waals surface area (Å²) in [5.74, 6) is 1.10. The summed E-state index contributed by atoms with van der Waals surface area (Å²) < 4.78 is 40.9. The molecule has 0 radical (unpaired) electrons. The summed E-state index contributed by atoms with van der Waals surface area (Å²) in [6, 6.07) is 10.6. The number of fused-ring (bicyclic) bond motifs is 2. The highest BCUT2D eigenvalue weighted by Gasteiger charge is 2.71. The van der Waals surface area contributed by atoms with Gasteiger partial charge in [0.2, 0.25) is 0 Å². The largest absolute Gasteiger partial charge is 0.393 e. The molecular weight excluding hydrogens is 559 g/mol. The van der Waals surface area contributed by atoms with Crippen LogP contribution in [0.5, 0.6) is 0 Å². The molecule has 3 aliphatic carbocycles. The Morgan fingerprint density at radius 2 is 1.93 bits per heavy atom. The number of piperidine rings is 1. The zero-order valence-electron chi connectivity index (χ0n) is 23.8. The Morgan fingerprint density at radius 1 is 1.17 bits per heavy atom. The molecule has 7 nitrogen and oxygen atoms in total. The molecule has 1 saturated heterocycles. The van der Waals surface area contributed by atoms with Crippen LogP contribution >= 0.6 is 11.3 Å². The van der Waals surface area contributed by atoms with E-state index in [1.54, 1.807) is 6.07 Å². The predicted octanol–water partition coefficient (Wildman–Crippen LogP) is 6.13. The zero-order valence-corrected chi connectivity index (χ0v) is 24.6. The first kappa shape index (κ1) is 27.6. The Hall–Kier alpha value is -3.20. The summed E-state index contributed by atoms with van der Waals surface area (Å²) >= 11 is 1.07. The van der Waals surface area contributed by atoms with Gasteiger partial charge in [0, 0.05) is 53.5 Å². The molecule has 220 valence electrons. The molecule has 3 aromatic heterocycles. The third-order valence-electron chi connectivity index (χ3n) is 10.3. The molecule has 4 heterocycles. The first-order valence-corrected chi connectivity index (χ1v) is 15.4. The molecule has 2 bridgehead atoms. The van der Waals surface area contributed by atoms with Crippen molar-refractivity contribution in [2.75, 3.05) is 18.4 Å². The topological polar surface area (TPSA) is 95.8 Å². The third-order valence-corrected chi connectivity index (χ3v) is 11.3. The zero-order chi connectivity index (χ0) is 29.4. The van der Waals surface area contributed by atoms with Crippen LogP contribution in [0, 0.1) is 29.6 Å². The van der Waals surface area contributed by atoms with Crippen LogP contribution in [-0.2, 0) is 19.5 Å². The lowest BCUT2D eigenvalue weighted by Gasteiger charge is -2.74. The average Bonchev–Trinajstić information content (AvgIpc) is 3.51. The molecule has 4 aromatic rings. The van der Waals surface area contributed by atoms with Crippen molar-refractivity contribution in [1.82, 2.24) is 19.4 Å². The van der Waals surface area contributed by atoms with Crippen molar-refractivity contribution in [2.45, 2.75) is 76.8 Å². The van der Waals surface area contributed by atoms with Gasteiger partial charge in [-0.25, -0.2) is 9.97 Å². The number of nitrogens with one attached hydrogen (secondary N) is 1. The van der Waals surface area contributed by atoms with Crippen molar-refractivity contribution in [1.29, 1.82) is 5.26 Å². The van der Waals surface area contributed by atoms with Gasteiger partial charge in [-0.05, 0) is 73.3 Å². The number of aryl methyl sites for hydroxylation is 1. The number of aromatic nitrogens is 3. The van der Waals surface area contributed by atoms with Crippen molar-refractivity contribution >= 4 is 38.3 Å². The number of rotatable bonds is 7. The second kappa shape index (κ2) is 9.66. The fraction of sp³-hybridized carbons (Fsp3) is 0.516. The number of benzene rings is 1. The highest BCUT2D eigenvalue weighted by Crippen LogP contribution is 2.70. The highest BCUT2D eigenvalue weighted by atomic mass is 32.1. The van der Waals surface area contributed by atoms with Crippen LogP contribution in [0.3, 0.4) is 0 Å². The Balaban J connectivity index is 1.01. The van der Waals surface area contributed by atoms with Gasteiger partial charge in [0.1, 0.15) is 28.7 Å². The van der Waals surface area contributed by atoms with E-state index in [2.05, 4.69) is 56.8 Å². The lowest BCUT2D eigenvalue weighted by Crippen LogP contribution is -2.79. The summed E-state index contributed by atoms with van der Waals surface area (Å²) in [6.45, 7) is 7.89. The van der Waals surface area contributed by atoms with Gasteiger partial charge in [-0.2, -0.15) is 18.4 Å². The molecule has 11 heteroatoms. The number of hydrogen-bond donors (Lipinski definition) is 2. The van der Waals surface area contributed by atoms with Crippen LogP contribution in [0.15, 0.2) is 30.6 Å². The predicted molar refractivity (Wildman–Crippen MR) is 158 cm³/mol. The SMILES string of the molecule is Cc1c(CN2CCC(Nc3ncnc4sc(CC(F)(F)F)cc34)CC2)ccc2c1cc(C#N)n2CC12CC(N)(C1)[C@H]2C. The Labute approximate surface area is 246 Å². The van der Waals surface area contributed by atoms with Crippen LogP contribution in [-0.4, -0.2) is 50.3 Å². The number of nitrogens with zero attached hydrogens (tertiary/aromatic N) is 5. The minimum atomic E-state index is -4.25. The standard InChI is InChI=1S/C31H34F3N7S/c1-18-20(3-4-26-24(18)9-22(12-35)41(26)16-29-14-30(36,15-29)19(29)2)13-40-7-5-21(6-8-40)39-27-25-10-23(11-31(32,33)34)42-28(25)38-17-37-27/h3-4,9-10,17,19,21H,5-8,11,13-16,36H2,1-2H3,(H,37,38,39)/t19-,29?,30?/m0/s1. The quantitative estimate of drug-likeness (QED) is 0.268.